The molecule has 3 fully saturated rings. The monoisotopic (exact) mass is 1130 g/mol. The predicted molar refractivity (Wildman–Crippen MR) is 293 cm³/mol. The summed E-state index contributed by atoms with van der Waals surface area (Å²) in [5.41, 5.74) is 1.26. The number of nitrogens with zero attached hydrogens (tertiary/aromatic N) is 1. The number of nitrogens with one attached hydrogen (secondary N) is 2. The molecule has 3 aliphatic heterocycles. The van der Waals surface area contributed by atoms with Crippen LogP contribution in [-0.2, 0) is 62.6 Å². The Labute approximate surface area is 465 Å². The van der Waals surface area contributed by atoms with Crippen LogP contribution in [-0.4, -0.2) is 146 Å². The number of fused-ring (bicyclic) bond motifs is 3. The van der Waals surface area contributed by atoms with E-state index >= 15 is 0 Å². The number of amides is 2. The quantitative estimate of drug-likeness (QED) is 0.0684. The summed E-state index contributed by atoms with van der Waals surface area (Å²) in [5.74, 6) is -9.12. The standard InChI is InChI=1S/C58H85N3O17S/c1-34-16-12-11-13-17-35(2)48(73-8)32-44-25-19-40(7)58(70,78-44)54(66)55(67)61-27-15-14-18-45(61)56(68)76-49(33-46(63)36(3)29-39(6)52(65)53(75-10)51(64)38(5)28-34)37(4)30-41-20-26-47(50(31-41)74-9)77-57(69)60-79(71,72)59-42-21-23-43(62)24-22-42/h11-13,16-17,21-24,29,34,36-38,40-41,44-45,47-50,52-53,59,62,65,70H,14-15,18-20,25-28,30-33H2,1-10H3,(H,60,69)/b13-11+,16-12+,35-17+,39-29+/t34-,36-,37-,38-,40-,41?,44+,45+,47-,48+,49+,50-,52-,53+,58-/m1/s1. The number of aromatic hydroxyl groups is 1. The van der Waals surface area contributed by atoms with Gasteiger partial charge in [0.25, 0.3) is 11.7 Å². The van der Waals surface area contributed by atoms with Crippen LogP contribution in [0.15, 0.2) is 71.9 Å². The fourth-order valence-electron chi connectivity index (χ4n) is 11.2. The number of allylic oxidation sites excluding steroid dienone is 6. The van der Waals surface area contributed by atoms with Crippen molar-refractivity contribution in [3.63, 3.8) is 0 Å². The molecule has 21 heteroatoms. The number of ketones is 3. The van der Waals surface area contributed by atoms with Crippen molar-refractivity contribution in [3.05, 3.63) is 71.9 Å². The van der Waals surface area contributed by atoms with E-state index in [0.717, 1.165) is 10.5 Å². The van der Waals surface area contributed by atoms with Crippen molar-refractivity contribution in [1.82, 2.24) is 9.62 Å². The van der Waals surface area contributed by atoms with Crippen LogP contribution in [0.2, 0.25) is 0 Å². The molecule has 2 saturated heterocycles. The Morgan fingerprint density at radius 2 is 1.57 bits per heavy atom. The second-order valence-corrected chi connectivity index (χ2v) is 23.6. The van der Waals surface area contributed by atoms with Gasteiger partial charge in [-0.1, -0.05) is 71.1 Å². The van der Waals surface area contributed by atoms with Crippen molar-refractivity contribution < 1.29 is 80.9 Å². The average Bonchev–Trinajstić information content (AvgIpc) is 3.44. The van der Waals surface area contributed by atoms with E-state index in [1.54, 1.807) is 40.9 Å². The number of ether oxygens (including phenoxy) is 6. The number of hydrogen-bond donors (Lipinski definition) is 5. The van der Waals surface area contributed by atoms with Gasteiger partial charge in [0.1, 0.15) is 42.0 Å². The zero-order valence-electron chi connectivity index (χ0n) is 47.5. The first-order valence-electron chi connectivity index (χ1n) is 27.6. The van der Waals surface area contributed by atoms with E-state index in [1.165, 1.54) is 38.5 Å². The summed E-state index contributed by atoms with van der Waals surface area (Å²) >= 11 is 0. The molecule has 15 atom stereocenters. The molecule has 1 aromatic carbocycles. The minimum atomic E-state index is -4.42. The molecule has 0 aromatic heterocycles. The van der Waals surface area contributed by atoms with Crippen LogP contribution in [0.5, 0.6) is 5.75 Å². The number of rotatable bonds is 10. The van der Waals surface area contributed by atoms with Crippen LogP contribution in [0.4, 0.5) is 10.5 Å². The smallest absolute Gasteiger partial charge is 0.422 e. The number of cyclic esters (lactones) is 1. The van der Waals surface area contributed by atoms with E-state index in [2.05, 4.69) is 4.72 Å². The summed E-state index contributed by atoms with van der Waals surface area (Å²) in [6.45, 7) is 12.4. The van der Waals surface area contributed by atoms with Gasteiger partial charge < -0.3 is 48.6 Å². The second kappa shape index (κ2) is 29.4. The molecular weight excluding hydrogens is 1040 g/mol. The first-order chi connectivity index (χ1) is 37.3. The van der Waals surface area contributed by atoms with Crippen molar-refractivity contribution >= 4 is 51.2 Å². The SMILES string of the molecule is CO[C@H]1C[C@@H]2CC[C@@H](C)[C@@](O)(O2)C(=O)C(=O)N2CCCC[C@H]2C(=O)O[C@H]([C@H](C)CC2CC[C@@H](OC(=O)NS(=O)(=O)Nc3ccc(O)cc3)[C@H](OC)C2)CC(=O)[C@H](C)/C=C(\C)[C@@H](O)[C@@H](OC)C(=O)[C@H](C)C[C@H](C)/C=C/C=C/C=C/1C. The Bertz CT molecular complexity index is 2510. The number of carbonyl (C=O) groups excluding carboxylic acids is 6. The Hall–Kier alpha value is -5.29. The summed E-state index contributed by atoms with van der Waals surface area (Å²) in [5, 5.41) is 33.1. The third-order valence-electron chi connectivity index (χ3n) is 16.0. The van der Waals surface area contributed by atoms with Gasteiger partial charge in [-0.25, -0.2) is 14.3 Å². The van der Waals surface area contributed by atoms with E-state index in [-0.39, 0.29) is 67.1 Å². The lowest BCUT2D eigenvalue weighted by atomic mass is 9.78. The Morgan fingerprint density at radius 1 is 0.861 bits per heavy atom. The summed E-state index contributed by atoms with van der Waals surface area (Å²) in [4.78, 5) is 85.5. The van der Waals surface area contributed by atoms with Crippen LogP contribution in [0.25, 0.3) is 0 Å². The van der Waals surface area contributed by atoms with E-state index in [0.29, 0.717) is 56.9 Å². The molecule has 0 spiro atoms. The number of benzene rings is 1. The van der Waals surface area contributed by atoms with Crippen molar-refractivity contribution in [2.75, 3.05) is 32.6 Å². The van der Waals surface area contributed by atoms with Gasteiger partial charge in [-0.15, -0.1) is 0 Å². The fourth-order valence-corrected chi connectivity index (χ4v) is 12.0. The number of Topliss-reactive ketones (excluding diaryl/α,β-unsaturated/α-hetero) is 3. The Kier molecular flexibility index (Phi) is 24.0. The Balaban J connectivity index is 1.41. The minimum absolute atomic E-state index is 0.0184. The van der Waals surface area contributed by atoms with Gasteiger partial charge in [0.05, 0.1) is 24.0 Å². The van der Waals surface area contributed by atoms with Gasteiger partial charge in [-0.05, 0) is 131 Å². The molecule has 2 amide bonds. The number of phenols is 1. The number of methoxy groups -OCH3 is 3. The largest absolute Gasteiger partial charge is 0.508 e. The lowest BCUT2D eigenvalue weighted by molar-refractivity contribution is -0.265. The van der Waals surface area contributed by atoms with Gasteiger partial charge in [-0.3, -0.25) is 23.9 Å². The molecule has 3 heterocycles. The minimum Gasteiger partial charge on any atom is -0.508 e. The Morgan fingerprint density at radius 3 is 2.24 bits per heavy atom. The zero-order valence-corrected chi connectivity index (χ0v) is 48.3. The molecule has 0 radical (unpaired) electrons. The van der Waals surface area contributed by atoms with Gasteiger partial charge >= 0.3 is 22.3 Å². The van der Waals surface area contributed by atoms with Gasteiger partial charge in [0, 0.05) is 58.5 Å². The highest BCUT2D eigenvalue weighted by molar-refractivity contribution is 7.91. The number of carbonyl (C=O) groups is 6. The van der Waals surface area contributed by atoms with Gasteiger partial charge in [0.2, 0.25) is 5.79 Å². The zero-order chi connectivity index (χ0) is 58.4. The number of aliphatic hydroxyl groups is 2. The van der Waals surface area contributed by atoms with Crippen molar-refractivity contribution in [1.29, 1.82) is 0 Å². The number of phenolic OH excluding ortho intramolecular Hbond substituents is 1. The normalized spacial score (nSPS) is 35.3. The number of piperidine rings is 1. The number of esters is 1. The van der Waals surface area contributed by atoms with Crippen LogP contribution in [0.3, 0.4) is 0 Å². The molecule has 1 unspecified atom stereocenters. The molecular formula is C58H85N3O17S. The number of anilines is 1. The molecule has 1 aliphatic carbocycles. The van der Waals surface area contributed by atoms with E-state index in [1.807, 2.05) is 55.9 Å². The van der Waals surface area contributed by atoms with E-state index < -0.39 is 112 Å². The van der Waals surface area contributed by atoms with Crippen molar-refractivity contribution in [2.45, 2.75) is 180 Å². The van der Waals surface area contributed by atoms with Gasteiger partial charge in [0.15, 0.2) is 5.78 Å². The second-order valence-electron chi connectivity index (χ2n) is 22.2. The molecule has 5 rings (SSSR count). The summed E-state index contributed by atoms with van der Waals surface area (Å²) in [7, 11) is -0.0819. The van der Waals surface area contributed by atoms with E-state index in [4.69, 9.17) is 28.4 Å². The van der Waals surface area contributed by atoms with Crippen LogP contribution in [0, 0.1) is 35.5 Å². The molecule has 440 valence electrons. The average molecular weight is 1130 g/mol. The maximum absolute atomic E-state index is 14.6. The van der Waals surface area contributed by atoms with Crippen LogP contribution < -0.4 is 9.44 Å². The molecule has 20 nitrogen and oxygen atoms in total. The molecule has 5 N–H and O–H groups in total. The molecule has 2 bridgehead atoms. The van der Waals surface area contributed by atoms with Crippen LogP contribution in [0.1, 0.15) is 126 Å². The molecule has 1 saturated carbocycles. The highest BCUT2D eigenvalue weighted by Gasteiger charge is 2.53. The maximum Gasteiger partial charge on any atom is 0.422 e. The predicted octanol–water partition coefficient (Wildman–Crippen LogP) is 6.98. The molecule has 4 aliphatic rings. The summed E-state index contributed by atoms with van der Waals surface area (Å²) in [6.07, 6.45) is 7.35. The van der Waals surface area contributed by atoms with Gasteiger partial charge in [-0.2, -0.15) is 8.42 Å². The first kappa shape index (κ1) is 64.5. The molecule has 79 heavy (non-hydrogen) atoms. The fraction of sp³-hybridized carbons (Fsp3) is 0.655. The maximum atomic E-state index is 14.6. The lowest BCUT2D eigenvalue weighted by Gasteiger charge is -2.42. The van der Waals surface area contributed by atoms with Crippen LogP contribution >= 0.6 is 0 Å². The third-order valence-corrected chi connectivity index (χ3v) is 17.0. The first-order valence-corrected chi connectivity index (χ1v) is 29.1. The third kappa shape index (κ3) is 17.9. The number of aliphatic hydroxyl groups excluding tert-OH is 1. The van der Waals surface area contributed by atoms with Crippen molar-refractivity contribution in [3.8, 4) is 5.75 Å². The topological polar surface area (TPSA) is 280 Å². The van der Waals surface area contributed by atoms with Crippen molar-refractivity contribution in [2.24, 2.45) is 35.5 Å². The lowest BCUT2D eigenvalue weighted by Crippen LogP contribution is -2.61. The number of hydrogen-bond acceptors (Lipinski definition) is 17. The highest BCUT2D eigenvalue weighted by Crippen LogP contribution is 2.38. The summed E-state index contributed by atoms with van der Waals surface area (Å²) in [6, 6.07) is 3.92. The van der Waals surface area contributed by atoms with E-state index in [9.17, 15) is 52.5 Å². The highest BCUT2D eigenvalue weighted by atomic mass is 32.2. The molecule has 1 aromatic rings. The summed E-state index contributed by atoms with van der Waals surface area (Å²) < 4.78 is 64.6.